The zero-order valence-corrected chi connectivity index (χ0v) is 10.4. The van der Waals surface area contributed by atoms with Crippen molar-refractivity contribution in [2.24, 2.45) is 0 Å². The summed E-state index contributed by atoms with van der Waals surface area (Å²) in [6.07, 6.45) is 3.22. The second-order valence-corrected chi connectivity index (χ2v) is 4.21. The van der Waals surface area contributed by atoms with Crippen LogP contribution in [0.5, 0.6) is 0 Å². The Kier molecular flexibility index (Phi) is 4.94. The molecule has 1 aliphatic rings. The summed E-state index contributed by atoms with van der Waals surface area (Å²) in [5, 5.41) is 4.67. The summed E-state index contributed by atoms with van der Waals surface area (Å²) < 4.78 is 0. The van der Waals surface area contributed by atoms with Gasteiger partial charge in [-0.2, -0.15) is 0 Å². The monoisotopic (exact) mass is 263 g/mol. The number of nitrogens with one attached hydrogen (secondary N) is 1. The molecule has 2 rings (SSSR count). The fourth-order valence-corrected chi connectivity index (χ4v) is 2.15. The van der Waals surface area contributed by atoms with Crippen molar-refractivity contribution in [2.75, 3.05) is 13.1 Å². The van der Waals surface area contributed by atoms with E-state index >= 15 is 0 Å². The first-order chi connectivity index (χ1) is 6.75. The highest BCUT2D eigenvalue weighted by molar-refractivity contribution is 6.34. The van der Waals surface area contributed by atoms with Crippen molar-refractivity contribution < 1.29 is 0 Å². The fourth-order valence-electron chi connectivity index (χ4n) is 1.62. The first kappa shape index (κ1) is 12.9. The van der Waals surface area contributed by atoms with Crippen molar-refractivity contribution >= 4 is 41.2 Å². The molecule has 0 aromatic heterocycles. The van der Waals surface area contributed by atoms with Gasteiger partial charge in [-0.25, -0.2) is 0 Å². The highest BCUT2D eigenvalue weighted by Gasteiger charge is 2.07. The normalized spacial score (nSPS) is 15.5. The molecule has 15 heavy (non-hydrogen) atoms. The van der Waals surface area contributed by atoms with E-state index in [1.54, 1.807) is 6.07 Å². The third kappa shape index (κ3) is 3.39. The van der Waals surface area contributed by atoms with Crippen molar-refractivity contribution in [2.45, 2.75) is 6.42 Å². The van der Waals surface area contributed by atoms with Gasteiger partial charge in [0.15, 0.2) is 0 Å². The zero-order chi connectivity index (χ0) is 9.97. The topological polar surface area (TPSA) is 12.0 Å². The minimum absolute atomic E-state index is 0. The Bertz CT molecular complexity index is 354. The van der Waals surface area contributed by atoms with Crippen LogP contribution in [0.4, 0.5) is 0 Å². The van der Waals surface area contributed by atoms with Gasteiger partial charge in [0.25, 0.3) is 0 Å². The van der Waals surface area contributed by atoms with Crippen molar-refractivity contribution in [3.63, 3.8) is 0 Å². The molecule has 0 aliphatic carbocycles. The second-order valence-electron chi connectivity index (χ2n) is 3.34. The number of hydrogen-bond acceptors (Lipinski definition) is 1. The number of hydrogen-bond donors (Lipinski definition) is 1. The van der Waals surface area contributed by atoms with E-state index in [0.29, 0.717) is 10.0 Å². The van der Waals surface area contributed by atoms with Crippen LogP contribution in [0, 0.1) is 0 Å². The minimum atomic E-state index is 0. The maximum atomic E-state index is 5.94. The lowest BCUT2D eigenvalue weighted by Crippen LogP contribution is -2.19. The smallest absolute Gasteiger partial charge is 0.0426 e. The van der Waals surface area contributed by atoms with E-state index in [4.69, 9.17) is 23.2 Å². The molecule has 0 fully saturated rings. The molecule has 0 saturated heterocycles. The molecule has 0 saturated carbocycles. The SMILES string of the molecule is Cl.Clc1cc(Cl)cc(C2=CCNCC2)c1. The second kappa shape index (κ2) is 5.76. The Labute approximate surface area is 106 Å². The average Bonchev–Trinajstić information content (AvgIpc) is 2.18. The van der Waals surface area contributed by atoms with E-state index < -0.39 is 0 Å². The Morgan fingerprint density at radius 2 is 1.73 bits per heavy atom. The molecule has 1 nitrogen and oxygen atoms in total. The maximum Gasteiger partial charge on any atom is 0.0426 e. The van der Waals surface area contributed by atoms with Crippen molar-refractivity contribution in [1.29, 1.82) is 0 Å². The molecule has 0 unspecified atom stereocenters. The van der Waals surface area contributed by atoms with E-state index in [0.717, 1.165) is 25.1 Å². The van der Waals surface area contributed by atoms with Crippen LogP contribution in [-0.4, -0.2) is 13.1 Å². The first-order valence-electron chi connectivity index (χ1n) is 4.62. The van der Waals surface area contributed by atoms with Gasteiger partial charge < -0.3 is 5.32 Å². The molecule has 4 heteroatoms. The third-order valence-corrected chi connectivity index (χ3v) is 2.73. The summed E-state index contributed by atoms with van der Waals surface area (Å²) in [4.78, 5) is 0. The molecule has 1 aromatic carbocycles. The van der Waals surface area contributed by atoms with E-state index in [-0.39, 0.29) is 12.4 Å². The highest BCUT2D eigenvalue weighted by atomic mass is 35.5. The first-order valence-corrected chi connectivity index (χ1v) is 5.37. The predicted molar refractivity (Wildman–Crippen MR) is 69.2 cm³/mol. The average molecular weight is 265 g/mol. The Balaban J connectivity index is 0.00000112. The van der Waals surface area contributed by atoms with Gasteiger partial charge in [0, 0.05) is 16.6 Å². The lowest BCUT2D eigenvalue weighted by molar-refractivity contribution is 0.738. The molecule has 0 amide bonds. The third-order valence-electron chi connectivity index (χ3n) is 2.30. The van der Waals surface area contributed by atoms with Gasteiger partial charge in [0.05, 0.1) is 0 Å². The Morgan fingerprint density at radius 1 is 1.07 bits per heavy atom. The van der Waals surface area contributed by atoms with E-state index in [2.05, 4.69) is 11.4 Å². The number of halogens is 3. The molecule has 1 N–H and O–H groups in total. The molecule has 0 spiro atoms. The van der Waals surface area contributed by atoms with Gasteiger partial charge in [-0.3, -0.25) is 0 Å². The van der Waals surface area contributed by atoms with Gasteiger partial charge >= 0.3 is 0 Å². The van der Waals surface area contributed by atoms with Gasteiger partial charge in [0.1, 0.15) is 0 Å². The van der Waals surface area contributed by atoms with Crippen LogP contribution >= 0.6 is 35.6 Å². The van der Waals surface area contributed by atoms with Gasteiger partial charge in [-0.05, 0) is 42.3 Å². The van der Waals surface area contributed by atoms with Crippen molar-refractivity contribution in [3.8, 4) is 0 Å². The summed E-state index contributed by atoms with van der Waals surface area (Å²) in [6.45, 7) is 1.95. The molecule has 0 atom stereocenters. The summed E-state index contributed by atoms with van der Waals surface area (Å²) in [5.74, 6) is 0. The molecule has 0 radical (unpaired) electrons. The van der Waals surface area contributed by atoms with E-state index in [1.165, 1.54) is 5.57 Å². The summed E-state index contributed by atoms with van der Waals surface area (Å²) in [5.41, 5.74) is 2.47. The molecule has 82 valence electrons. The van der Waals surface area contributed by atoms with Crippen molar-refractivity contribution in [1.82, 2.24) is 5.32 Å². The van der Waals surface area contributed by atoms with Crippen LogP contribution in [0.1, 0.15) is 12.0 Å². The van der Waals surface area contributed by atoms with Gasteiger partial charge in [-0.1, -0.05) is 29.3 Å². The Hall–Kier alpha value is -0.210. The van der Waals surface area contributed by atoms with Crippen LogP contribution in [0.2, 0.25) is 10.0 Å². The molecular weight excluding hydrogens is 252 g/mol. The van der Waals surface area contributed by atoms with Crippen LogP contribution in [0.3, 0.4) is 0 Å². The van der Waals surface area contributed by atoms with Crippen LogP contribution in [0.15, 0.2) is 24.3 Å². The van der Waals surface area contributed by atoms with Crippen LogP contribution < -0.4 is 5.32 Å². The molecule has 0 bridgehead atoms. The van der Waals surface area contributed by atoms with E-state index in [1.807, 2.05) is 12.1 Å². The molecular formula is C11H12Cl3N. The standard InChI is InChI=1S/C11H11Cl2N.ClH/c12-10-5-9(6-11(13)7-10)8-1-3-14-4-2-8;/h1,5-7,14H,2-4H2;1H. The summed E-state index contributed by atoms with van der Waals surface area (Å²) in [7, 11) is 0. The fraction of sp³-hybridized carbons (Fsp3) is 0.273. The molecule has 1 heterocycles. The maximum absolute atomic E-state index is 5.94. The molecule has 1 aliphatic heterocycles. The largest absolute Gasteiger partial charge is 0.313 e. The van der Waals surface area contributed by atoms with Gasteiger partial charge in [0.2, 0.25) is 0 Å². The number of benzene rings is 1. The predicted octanol–water partition coefficient (Wildman–Crippen LogP) is 3.79. The number of rotatable bonds is 1. The van der Waals surface area contributed by atoms with E-state index in [9.17, 15) is 0 Å². The van der Waals surface area contributed by atoms with Crippen LogP contribution in [-0.2, 0) is 0 Å². The summed E-state index contributed by atoms with van der Waals surface area (Å²) >= 11 is 11.9. The minimum Gasteiger partial charge on any atom is -0.313 e. The molecule has 1 aromatic rings. The Morgan fingerprint density at radius 3 is 2.27 bits per heavy atom. The van der Waals surface area contributed by atoms with Crippen LogP contribution in [0.25, 0.3) is 5.57 Å². The lowest BCUT2D eigenvalue weighted by atomic mass is 10.0. The lowest BCUT2D eigenvalue weighted by Gasteiger charge is -2.14. The van der Waals surface area contributed by atoms with Gasteiger partial charge in [-0.15, -0.1) is 12.4 Å². The quantitative estimate of drug-likeness (QED) is 0.814. The van der Waals surface area contributed by atoms with Crippen molar-refractivity contribution in [3.05, 3.63) is 39.9 Å². The summed E-state index contributed by atoms with van der Waals surface area (Å²) in [6, 6.07) is 5.68. The highest BCUT2D eigenvalue weighted by Crippen LogP contribution is 2.26. The zero-order valence-electron chi connectivity index (χ0n) is 8.09.